The Bertz CT molecular complexity index is 593. The third-order valence-electron chi connectivity index (χ3n) is 3.02. The number of fused-ring (bicyclic) bond motifs is 1. The number of hydrogen-bond acceptors (Lipinski definition) is 2. The molecule has 90 valence electrons. The average molecular weight is 239 g/mol. The maximum Gasteiger partial charge on any atom is 0.265 e. The molecule has 1 unspecified atom stereocenters. The minimum Gasteiger partial charge on any atom is -0.479 e. The van der Waals surface area contributed by atoms with Crippen LogP contribution in [0, 0.1) is 0 Å². The molecule has 1 atom stereocenters. The van der Waals surface area contributed by atoms with Crippen LogP contribution in [0.1, 0.15) is 6.92 Å². The Hall–Kier alpha value is -2.29. The molecule has 0 bridgehead atoms. The fourth-order valence-corrected chi connectivity index (χ4v) is 2.02. The number of carbonyl (C=O) groups is 1. The van der Waals surface area contributed by atoms with Crippen LogP contribution in [0.2, 0.25) is 0 Å². The molecule has 3 heteroatoms. The van der Waals surface area contributed by atoms with E-state index in [9.17, 15) is 4.79 Å². The number of carbonyl (C=O) groups excluding carboxylic acids is 1. The quantitative estimate of drug-likeness (QED) is 0.830. The van der Waals surface area contributed by atoms with Crippen molar-refractivity contribution in [2.75, 3.05) is 5.32 Å². The summed E-state index contributed by atoms with van der Waals surface area (Å²) in [5.41, 5.74) is 2.92. The molecule has 0 radical (unpaired) electrons. The minimum absolute atomic E-state index is 0.104. The third kappa shape index (κ3) is 1.84. The van der Waals surface area contributed by atoms with Crippen LogP contribution >= 0.6 is 0 Å². The molecule has 2 aromatic rings. The van der Waals surface area contributed by atoms with Crippen LogP contribution < -0.4 is 10.1 Å². The van der Waals surface area contributed by atoms with Gasteiger partial charge in [-0.3, -0.25) is 4.79 Å². The van der Waals surface area contributed by atoms with Crippen LogP contribution in [-0.2, 0) is 4.79 Å². The summed E-state index contributed by atoms with van der Waals surface area (Å²) in [4.78, 5) is 11.6. The molecule has 0 saturated heterocycles. The first kappa shape index (κ1) is 10.8. The fourth-order valence-electron chi connectivity index (χ4n) is 2.02. The van der Waals surface area contributed by atoms with Crippen molar-refractivity contribution in [3.8, 4) is 16.9 Å². The molecule has 0 aromatic heterocycles. The Balaban J connectivity index is 2.02. The van der Waals surface area contributed by atoms with E-state index in [1.54, 1.807) is 6.92 Å². The van der Waals surface area contributed by atoms with Gasteiger partial charge in [-0.25, -0.2) is 0 Å². The maximum atomic E-state index is 11.6. The van der Waals surface area contributed by atoms with E-state index in [0.29, 0.717) is 0 Å². The van der Waals surface area contributed by atoms with Crippen molar-refractivity contribution in [3.63, 3.8) is 0 Å². The Morgan fingerprint density at radius 2 is 1.83 bits per heavy atom. The van der Waals surface area contributed by atoms with E-state index in [4.69, 9.17) is 4.74 Å². The standard InChI is InChI=1S/C15H13NO2/c1-10-15(17)16-13-9-12(7-8-14(13)18-10)11-5-3-2-4-6-11/h2-10H,1H3,(H,16,17). The van der Waals surface area contributed by atoms with Crippen molar-refractivity contribution < 1.29 is 9.53 Å². The first-order valence-corrected chi connectivity index (χ1v) is 5.91. The molecule has 0 aliphatic carbocycles. The number of amides is 1. The van der Waals surface area contributed by atoms with Gasteiger partial charge in [0.25, 0.3) is 5.91 Å². The van der Waals surface area contributed by atoms with Gasteiger partial charge in [0, 0.05) is 0 Å². The first-order valence-electron chi connectivity index (χ1n) is 5.91. The van der Waals surface area contributed by atoms with E-state index in [2.05, 4.69) is 5.32 Å². The monoisotopic (exact) mass is 239 g/mol. The second-order valence-electron chi connectivity index (χ2n) is 4.33. The molecule has 0 saturated carbocycles. The molecular formula is C15H13NO2. The molecule has 1 aliphatic heterocycles. The van der Waals surface area contributed by atoms with Gasteiger partial charge in [-0.2, -0.15) is 0 Å². The molecule has 0 spiro atoms. The van der Waals surface area contributed by atoms with Gasteiger partial charge in [0.15, 0.2) is 6.10 Å². The van der Waals surface area contributed by atoms with Gasteiger partial charge in [0.2, 0.25) is 0 Å². The van der Waals surface area contributed by atoms with Crippen molar-refractivity contribution >= 4 is 11.6 Å². The van der Waals surface area contributed by atoms with Crippen LogP contribution in [0.3, 0.4) is 0 Å². The topological polar surface area (TPSA) is 38.3 Å². The Morgan fingerprint density at radius 1 is 1.06 bits per heavy atom. The highest BCUT2D eigenvalue weighted by atomic mass is 16.5. The molecule has 0 fully saturated rings. The van der Waals surface area contributed by atoms with Crippen molar-refractivity contribution in [2.24, 2.45) is 0 Å². The van der Waals surface area contributed by atoms with E-state index in [1.165, 1.54) is 0 Å². The molecule has 1 heterocycles. The Morgan fingerprint density at radius 3 is 2.61 bits per heavy atom. The number of benzene rings is 2. The predicted molar refractivity (Wildman–Crippen MR) is 70.6 cm³/mol. The summed E-state index contributed by atoms with van der Waals surface area (Å²) in [6.45, 7) is 1.74. The van der Waals surface area contributed by atoms with Crippen LogP contribution in [0.25, 0.3) is 11.1 Å². The lowest BCUT2D eigenvalue weighted by atomic mass is 10.0. The number of ether oxygens (including phenoxy) is 1. The summed E-state index contributed by atoms with van der Waals surface area (Å²) in [6.07, 6.45) is -0.430. The van der Waals surface area contributed by atoms with E-state index < -0.39 is 6.10 Å². The second kappa shape index (κ2) is 4.18. The lowest BCUT2D eigenvalue weighted by molar-refractivity contribution is -0.122. The van der Waals surface area contributed by atoms with Gasteiger partial charge in [0.1, 0.15) is 5.75 Å². The summed E-state index contributed by atoms with van der Waals surface area (Å²) >= 11 is 0. The lowest BCUT2D eigenvalue weighted by Crippen LogP contribution is -2.34. The van der Waals surface area contributed by atoms with Gasteiger partial charge in [-0.15, -0.1) is 0 Å². The normalized spacial score (nSPS) is 17.6. The Labute approximate surface area is 105 Å². The van der Waals surface area contributed by atoms with Crippen LogP contribution in [0.5, 0.6) is 5.75 Å². The molecule has 18 heavy (non-hydrogen) atoms. The molecule has 2 aromatic carbocycles. The number of hydrogen-bond donors (Lipinski definition) is 1. The smallest absolute Gasteiger partial charge is 0.265 e. The van der Waals surface area contributed by atoms with E-state index in [-0.39, 0.29) is 5.91 Å². The van der Waals surface area contributed by atoms with Crippen molar-refractivity contribution in [1.29, 1.82) is 0 Å². The zero-order valence-electron chi connectivity index (χ0n) is 10.0. The molecule has 3 nitrogen and oxygen atoms in total. The van der Waals surface area contributed by atoms with Crippen LogP contribution in [0.15, 0.2) is 48.5 Å². The lowest BCUT2D eigenvalue weighted by Gasteiger charge is -2.23. The summed E-state index contributed by atoms with van der Waals surface area (Å²) in [7, 11) is 0. The highest BCUT2D eigenvalue weighted by molar-refractivity contribution is 5.98. The fraction of sp³-hybridized carbons (Fsp3) is 0.133. The number of rotatable bonds is 1. The second-order valence-corrected chi connectivity index (χ2v) is 4.33. The maximum absolute atomic E-state index is 11.6. The molecule has 1 N–H and O–H groups in total. The zero-order chi connectivity index (χ0) is 12.5. The van der Waals surface area contributed by atoms with Gasteiger partial charge in [-0.05, 0) is 30.2 Å². The Kier molecular flexibility index (Phi) is 2.52. The molecule has 1 aliphatic rings. The minimum atomic E-state index is -0.430. The molecule has 1 amide bonds. The average Bonchev–Trinajstić information content (AvgIpc) is 2.41. The summed E-state index contributed by atoms with van der Waals surface area (Å²) in [6, 6.07) is 15.9. The van der Waals surface area contributed by atoms with Crippen molar-refractivity contribution in [3.05, 3.63) is 48.5 Å². The summed E-state index contributed by atoms with van der Waals surface area (Å²) in [5, 5.41) is 2.86. The summed E-state index contributed by atoms with van der Waals surface area (Å²) < 4.78 is 5.52. The van der Waals surface area contributed by atoms with E-state index >= 15 is 0 Å². The van der Waals surface area contributed by atoms with E-state index in [1.807, 2.05) is 48.5 Å². The largest absolute Gasteiger partial charge is 0.479 e. The first-order chi connectivity index (χ1) is 8.74. The van der Waals surface area contributed by atoms with Crippen molar-refractivity contribution in [1.82, 2.24) is 0 Å². The molecular weight excluding hydrogens is 226 g/mol. The van der Waals surface area contributed by atoms with Gasteiger partial charge in [0.05, 0.1) is 5.69 Å². The van der Waals surface area contributed by atoms with Gasteiger partial charge >= 0.3 is 0 Å². The SMILES string of the molecule is CC1Oc2ccc(-c3ccccc3)cc2NC1=O. The summed E-state index contributed by atoms with van der Waals surface area (Å²) in [5.74, 6) is 0.620. The van der Waals surface area contributed by atoms with Gasteiger partial charge < -0.3 is 10.1 Å². The van der Waals surface area contributed by atoms with Gasteiger partial charge in [-0.1, -0.05) is 36.4 Å². The van der Waals surface area contributed by atoms with E-state index in [0.717, 1.165) is 22.6 Å². The van der Waals surface area contributed by atoms with Crippen molar-refractivity contribution in [2.45, 2.75) is 13.0 Å². The number of nitrogens with one attached hydrogen (secondary N) is 1. The molecule has 3 rings (SSSR count). The predicted octanol–water partition coefficient (Wildman–Crippen LogP) is 3.07. The van der Waals surface area contributed by atoms with Crippen LogP contribution in [0.4, 0.5) is 5.69 Å². The third-order valence-corrected chi connectivity index (χ3v) is 3.02. The highest BCUT2D eigenvalue weighted by Gasteiger charge is 2.23. The number of anilines is 1. The highest BCUT2D eigenvalue weighted by Crippen LogP contribution is 2.33. The van der Waals surface area contributed by atoms with Crippen LogP contribution in [-0.4, -0.2) is 12.0 Å². The zero-order valence-corrected chi connectivity index (χ0v) is 10.0.